The monoisotopic (exact) mass is 657 g/mol. The van der Waals surface area contributed by atoms with Crippen molar-refractivity contribution in [1.29, 1.82) is 0 Å². The Kier molecular flexibility index (Phi) is 15.9. The van der Waals surface area contributed by atoms with Crippen LogP contribution in [-0.2, 0) is 4.79 Å². The lowest BCUT2D eigenvalue weighted by Crippen LogP contribution is -2.36. The number of nitrogens with zero attached hydrogens (tertiary/aromatic N) is 3. The predicted molar refractivity (Wildman–Crippen MR) is 199 cm³/mol. The van der Waals surface area contributed by atoms with E-state index in [0.29, 0.717) is 65.9 Å². The maximum absolute atomic E-state index is 14.1. The first-order valence-corrected chi connectivity index (χ1v) is 17.6. The van der Waals surface area contributed by atoms with Gasteiger partial charge in [0.1, 0.15) is 0 Å². The van der Waals surface area contributed by atoms with Crippen LogP contribution in [0.15, 0.2) is 101 Å². The minimum Gasteiger partial charge on any atom is -0.481 e. The van der Waals surface area contributed by atoms with Gasteiger partial charge in [-0.25, -0.2) is 0 Å². The van der Waals surface area contributed by atoms with Gasteiger partial charge in [-0.15, -0.1) is 11.6 Å². The van der Waals surface area contributed by atoms with Crippen LogP contribution in [-0.4, -0.2) is 52.8 Å². The Hall–Kier alpha value is -3.77. The van der Waals surface area contributed by atoms with E-state index in [2.05, 4.69) is 39.2 Å². The first-order valence-electron chi connectivity index (χ1n) is 17.1. The van der Waals surface area contributed by atoms with Crippen LogP contribution in [0.4, 0.5) is 11.4 Å². The van der Waals surface area contributed by atoms with Crippen LogP contribution in [0.2, 0.25) is 0 Å². The molecule has 2 aliphatic carbocycles. The van der Waals surface area contributed by atoms with Gasteiger partial charge in [0.2, 0.25) is 0 Å². The summed E-state index contributed by atoms with van der Waals surface area (Å²) in [4.78, 5) is 36.8. The Balaban J connectivity index is 1.90. The number of rotatable bonds is 19. The molecule has 1 aromatic carbocycles. The standard InChI is InChI=1S/C40H52ClN3O3/c1-6-11-18-30(8-3)38-34-21-14-19-32(39(34)38)28-44(10-5)40(47)31-23-24-35(42-27-29(16-7-2)17-15-25-41)36(26-31)43-33(9-4)20-12-13-22-37(45)46/h6-8,11,15-18,23-24,26-27,32,34,38-39H,1-2,9-10,12-14,19-22,25,28H2,3-5H3,(H,45,46)/b17-15-,18-11-,29-16+,30-8+,42-27?,43-33?. The molecule has 4 atom stereocenters. The van der Waals surface area contributed by atoms with Gasteiger partial charge < -0.3 is 10.0 Å². The molecule has 0 bridgehead atoms. The highest BCUT2D eigenvalue weighted by Crippen LogP contribution is 2.61. The summed E-state index contributed by atoms with van der Waals surface area (Å²) in [5, 5.41) is 9.04. The van der Waals surface area contributed by atoms with Crippen molar-refractivity contribution in [3.63, 3.8) is 0 Å². The number of unbranched alkanes of at least 4 members (excludes halogenated alkanes) is 1. The van der Waals surface area contributed by atoms with Crippen LogP contribution < -0.4 is 0 Å². The van der Waals surface area contributed by atoms with Crippen molar-refractivity contribution in [3.8, 4) is 0 Å². The molecule has 47 heavy (non-hydrogen) atoms. The Bertz CT molecular complexity index is 1430. The van der Waals surface area contributed by atoms with E-state index in [1.165, 1.54) is 18.4 Å². The zero-order valence-electron chi connectivity index (χ0n) is 28.4. The molecule has 1 aromatic rings. The third-order valence-corrected chi connectivity index (χ3v) is 9.41. The van der Waals surface area contributed by atoms with E-state index in [1.807, 2.05) is 60.4 Å². The SMILES string of the molecule is C=C/C=C\C(=C/C)C1C2CCCC(CN(CC)C(=O)c3ccc(N=CC(/C=C\CCl)=C/C=C)c(N=C(CC)CCCCC(=O)O)c3)C21. The zero-order valence-corrected chi connectivity index (χ0v) is 29.2. The Labute approximate surface area is 287 Å². The number of carboxylic acid groups (broad SMARTS) is 1. The molecule has 0 spiro atoms. The molecule has 0 radical (unpaired) electrons. The van der Waals surface area contributed by atoms with Crippen LogP contribution in [0.25, 0.3) is 0 Å². The quantitative estimate of drug-likeness (QED) is 0.0695. The number of aliphatic imine (C=N–C) groups is 2. The number of fused-ring (bicyclic) bond motifs is 1. The highest BCUT2D eigenvalue weighted by Gasteiger charge is 2.56. The van der Waals surface area contributed by atoms with Crippen molar-refractivity contribution in [2.45, 2.75) is 72.1 Å². The molecule has 6 nitrogen and oxygen atoms in total. The third kappa shape index (κ3) is 11.2. The summed E-state index contributed by atoms with van der Waals surface area (Å²) in [5.74, 6) is 1.96. The summed E-state index contributed by atoms with van der Waals surface area (Å²) in [7, 11) is 0. The van der Waals surface area contributed by atoms with Gasteiger partial charge >= 0.3 is 5.97 Å². The minimum absolute atomic E-state index is 0.00779. The Morgan fingerprint density at radius 3 is 2.53 bits per heavy atom. The first-order chi connectivity index (χ1) is 22.8. The van der Waals surface area contributed by atoms with E-state index in [0.717, 1.165) is 37.1 Å². The van der Waals surface area contributed by atoms with Crippen molar-refractivity contribution in [1.82, 2.24) is 4.90 Å². The average molecular weight is 658 g/mol. The average Bonchev–Trinajstić information content (AvgIpc) is 3.81. The third-order valence-electron chi connectivity index (χ3n) is 9.23. The van der Waals surface area contributed by atoms with Crippen LogP contribution in [0.3, 0.4) is 0 Å². The second kappa shape index (κ2) is 19.8. The van der Waals surface area contributed by atoms with Crippen LogP contribution in [0, 0.1) is 23.7 Å². The molecule has 0 aliphatic heterocycles. The van der Waals surface area contributed by atoms with E-state index in [-0.39, 0.29) is 12.3 Å². The number of allylic oxidation sites excluding steroid dienone is 10. The lowest BCUT2D eigenvalue weighted by molar-refractivity contribution is -0.137. The topological polar surface area (TPSA) is 82.3 Å². The van der Waals surface area contributed by atoms with Crippen LogP contribution >= 0.6 is 11.6 Å². The fourth-order valence-electron chi connectivity index (χ4n) is 6.85. The number of alkyl halides is 1. The number of halogens is 1. The van der Waals surface area contributed by atoms with Crippen molar-refractivity contribution in [3.05, 3.63) is 96.7 Å². The molecule has 4 unspecified atom stereocenters. The summed E-state index contributed by atoms with van der Waals surface area (Å²) in [5.41, 5.74) is 5.05. The van der Waals surface area contributed by atoms with E-state index in [9.17, 15) is 9.59 Å². The summed E-state index contributed by atoms with van der Waals surface area (Å²) in [6, 6.07) is 5.57. The number of aliphatic carboxylic acids is 1. The van der Waals surface area contributed by atoms with Crippen molar-refractivity contribution in [2.24, 2.45) is 33.7 Å². The first kappa shape index (κ1) is 37.7. The highest BCUT2D eigenvalue weighted by atomic mass is 35.5. The maximum Gasteiger partial charge on any atom is 0.303 e. The highest BCUT2D eigenvalue weighted by molar-refractivity contribution is 6.19. The van der Waals surface area contributed by atoms with E-state index >= 15 is 0 Å². The molecule has 1 N–H and O–H groups in total. The molecule has 0 aromatic heterocycles. The van der Waals surface area contributed by atoms with E-state index in [1.54, 1.807) is 12.3 Å². The minimum atomic E-state index is -0.789. The molecule has 2 saturated carbocycles. The summed E-state index contributed by atoms with van der Waals surface area (Å²) in [6.07, 6.45) is 23.8. The van der Waals surface area contributed by atoms with Crippen molar-refractivity contribution < 1.29 is 14.7 Å². The Morgan fingerprint density at radius 1 is 1.09 bits per heavy atom. The fourth-order valence-corrected chi connectivity index (χ4v) is 6.94. The summed E-state index contributed by atoms with van der Waals surface area (Å²) >= 11 is 5.85. The zero-order chi connectivity index (χ0) is 34.2. The second-order valence-electron chi connectivity index (χ2n) is 12.2. The second-order valence-corrected chi connectivity index (χ2v) is 12.5. The molecule has 0 heterocycles. The lowest BCUT2D eigenvalue weighted by Gasteiger charge is -2.29. The van der Waals surface area contributed by atoms with Crippen molar-refractivity contribution in [2.75, 3.05) is 19.0 Å². The van der Waals surface area contributed by atoms with E-state index < -0.39 is 5.97 Å². The number of carboxylic acids is 1. The number of benzene rings is 1. The number of hydrogen-bond donors (Lipinski definition) is 1. The molecule has 252 valence electrons. The lowest BCUT2D eigenvalue weighted by atomic mass is 9.88. The van der Waals surface area contributed by atoms with Gasteiger partial charge in [-0.3, -0.25) is 19.6 Å². The Morgan fingerprint density at radius 2 is 1.87 bits per heavy atom. The largest absolute Gasteiger partial charge is 0.481 e. The molecular formula is C40H52ClN3O3. The molecule has 3 rings (SSSR count). The van der Waals surface area contributed by atoms with Gasteiger partial charge in [0, 0.05) is 42.9 Å². The molecule has 2 aliphatic rings. The van der Waals surface area contributed by atoms with Gasteiger partial charge in [0.05, 0.1) is 11.4 Å². The number of hydrogen-bond acceptors (Lipinski definition) is 4. The van der Waals surface area contributed by atoms with Crippen molar-refractivity contribution >= 4 is 46.8 Å². The van der Waals surface area contributed by atoms with Gasteiger partial charge in [0.25, 0.3) is 5.91 Å². The number of amides is 1. The van der Waals surface area contributed by atoms with E-state index in [4.69, 9.17) is 26.7 Å². The van der Waals surface area contributed by atoms with Crippen LogP contribution in [0.5, 0.6) is 0 Å². The summed E-state index contributed by atoms with van der Waals surface area (Å²) < 4.78 is 0. The number of carbonyl (C=O) groups is 2. The smallest absolute Gasteiger partial charge is 0.303 e. The number of carbonyl (C=O) groups excluding carboxylic acids is 1. The molecule has 7 heteroatoms. The fraction of sp³-hybridized carbons (Fsp3) is 0.450. The van der Waals surface area contributed by atoms with Gasteiger partial charge in [-0.1, -0.05) is 75.1 Å². The summed E-state index contributed by atoms with van der Waals surface area (Å²) in [6.45, 7) is 15.2. The van der Waals surface area contributed by atoms with Gasteiger partial charge in [0.15, 0.2) is 0 Å². The molecular weight excluding hydrogens is 606 g/mol. The molecule has 1 amide bonds. The maximum atomic E-state index is 14.1. The molecule has 2 fully saturated rings. The molecule has 0 saturated heterocycles. The predicted octanol–water partition coefficient (Wildman–Crippen LogP) is 10.2. The van der Waals surface area contributed by atoms with Gasteiger partial charge in [-0.05, 0) is 105 Å². The normalized spacial score (nSPS) is 21.7. The van der Waals surface area contributed by atoms with Crippen LogP contribution in [0.1, 0.15) is 82.5 Å². The van der Waals surface area contributed by atoms with Gasteiger partial charge in [-0.2, -0.15) is 0 Å².